The molecule has 0 amide bonds. The number of aryl methyl sites for hydroxylation is 2. The van der Waals surface area contributed by atoms with Crippen LogP contribution in [0.15, 0.2) is 35.5 Å². The van der Waals surface area contributed by atoms with Crippen LogP contribution in [0.2, 0.25) is 0 Å². The van der Waals surface area contributed by atoms with E-state index < -0.39 is 0 Å². The van der Waals surface area contributed by atoms with E-state index in [4.69, 9.17) is 4.42 Å². The topological polar surface area (TPSA) is 43.9 Å². The third-order valence-corrected chi connectivity index (χ3v) is 2.65. The molecule has 4 heteroatoms. The first-order valence-corrected chi connectivity index (χ1v) is 5.09. The predicted molar refractivity (Wildman–Crippen MR) is 60.6 cm³/mol. The maximum Gasteiger partial charge on any atom is 0.182 e. The van der Waals surface area contributed by atoms with Crippen LogP contribution in [0.1, 0.15) is 11.3 Å². The van der Waals surface area contributed by atoms with Crippen molar-refractivity contribution in [2.24, 2.45) is 0 Å². The van der Waals surface area contributed by atoms with E-state index >= 15 is 0 Å². The number of oxazole rings is 1. The molecule has 80 valence electrons. The molecule has 16 heavy (non-hydrogen) atoms. The number of fused-ring (bicyclic) bond motifs is 1. The van der Waals surface area contributed by atoms with Crippen LogP contribution in [0.25, 0.3) is 16.8 Å². The second-order valence-electron chi connectivity index (χ2n) is 3.85. The zero-order valence-corrected chi connectivity index (χ0v) is 9.14. The SMILES string of the molecule is Cc1cn(-c2ccc(C)c3ncoc23)cn1. The summed E-state index contributed by atoms with van der Waals surface area (Å²) < 4.78 is 7.38. The van der Waals surface area contributed by atoms with Crippen molar-refractivity contribution in [3.8, 4) is 5.69 Å². The molecular weight excluding hydrogens is 202 g/mol. The van der Waals surface area contributed by atoms with E-state index in [-0.39, 0.29) is 0 Å². The minimum absolute atomic E-state index is 0.803. The van der Waals surface area contributed by atoms with Gasteiger partial charge in [-0.2, -0.15) is 0 Å². The lowest BCUT2D eigenvalue weighted by Crippen LogP contribution is -1.91. The Labute approximate surface area is 92.6 Å². The summed E-state index contributed by atoms with van der Waals surface area (Å²) in [4.78, 5) is 8.42. The van der Waals surface area contributed by atoms with Gasteiger partial charge in [0.2, 0.25) is 0 Å². The minimum atomic E-state index is 0.803. The van der Waals surface area contributed by atoms with Crippen molar-refractivity contribution in [1.82, 2.24) is 14.5 Å². The van der Waals surface area contributed by atoms with Gasteiger partial charge < -0.3 is 8.98 Å². The monoisotopic (exact) mass is 213 g/mol. The summed E-state index contributed by atoms with van der Waals surface area (Å²) in [5.41, 5.74) is 4.78. The Morgan fingerprint density at radius 3 is 2.81 bits per heavy atom. The highest BCUT2D eigenvalue weighted by Crippen LogP contribution is 2.24. The van der Waals surface area contributed by atoms with Gasteiger partial charge in [0.05, 0.1) is 17.7 Å². The molecule has 4 nitrogen and oxygen atoms in total. The molecule has 2 heterocycles. The van der Waals surface area contributed by atoms with Gasteiger partial charge >= 0.3 is 0 Å². The third kappa shape index (κ3) is 1.23. The van der Waals surface area contributed by atoms with Gasteiger partial charge in [0, 0.05) is 6.20 Å². The van der Waals surface area contributed by atoms with E-state index in [1.807, 2.05) is 36.7 Å². The summed E-state index contributed by atoms with van der Waals surface area (Å²) in [6.07, 6.45) is 5.22. The summed E-state index contributed by atoms with van der Waals surface area (Å²) in [7, 11) is 0. The summed E-state index contributed by atoms with van der Waals surface area (Å²) in [5, 5.41) is 0. The van der Waals surface area contributed by atoms with Crippen molar-refractivity contribution in [1.29, 1.82) is 0 Å². The molecule has 0 fully saturated rings. The molecular formula is C12H11N3O. The summed E-state index contributed by atoms with van der Waals surface area (Å²) in [5.74, 6) is 0. The normalized spacial score (nSPS) is 11.1. The Morgan fingerprint density at radius 1 is 1.19 bits per heavy atom. The molecule has 0 bridgehead atoms. The van der Waals surface area contributed by atoms with Gasteiger partial charge in [-0.1, -0.05) is 6.07 Å². The third-order valence-electron chi connectivity index (χ3n) is 2.65. The first-order valence-electron chi connectivity index (χ1n) is 5.09. The first-order chi connectivity index (χ1) is 7.75. The average molecular weight is 213 g/mol. The highest BCUT2D eigenvalue weighted by molar-refractivity contribution is 5.84. The molecule has 0 N–H and O–H groups in total. The van der Waals surface area contributed by atoms with Crippen molar-refractivity contribution >= 4 is 11.1 Å². The summed E-state index contributed by atoms with van der Waals surface area (Å²) in [6, 6.07) is 4.06. The number of aromatic nitrogens is 3. The highest BCUT2D eigenvalue weighted by Gasteiger charge is 2.09. The Hall–Kier alpha value is -2.10. The number of benzene rings is 1. The Kier molecular flexibility index (Phi) is 1.83. The van der Waals surface area contributed by atoms with Gasteiger partial charge in [0.15, 0.2) is 12.0 Å². The predicted octanol–water partition coefficient (Wildman–Crippen LogP) is 2.63. The number of imidazole rings is 1. The van der Waals surface area contributed by atoms with Crippen molar-refractivity contribution in [3.05, 3.63) is 42.3 Å². The molecule has 0 spiro atoms. The zero-order valence-electron chi connectivity index (χ0n) is 9.14. The maximum absolute atomic E-state index is 5.43. The van der Waals surface area contributed by atoms with E-state index in [0.717, 1.165) is 28.0 Å². The Morgan fingerprint density at radius 2 is 2.06 bits per heavy atom. The van der Waals surface area contributed by atoms with Crippen LogP contribution in [0.5, 0.6) is 0 Å². The second-order valence-corrected chi connectivity index (χ2v) is 3.85. The maximum atomic E-state index is 5.43. The number of rotatable bonds is 1. The molecule has 2 aromatic heterocycles. The zero-order chi connectivity index (χ0) is 11.1. The molecule has 3 aromatic rings. The Bertz CT molecular complexity index is 651. The van der Waals surface area contributed by atoms with Crippen molar-refractivity contribution in [2.75, 3.05) is 0 Å². The van der Waals surface area contributed by atoms with E-state index in [1.54, 1.807) is 6.33 Å². The molecule has 1 aromatic carbocycles. The molecule has 0 radical (unpaired) electrons. The number of nitrogens with zero attached hydrogens (tertiary/aromatic N) is 3. The van der Waals surface area contributed by atoms with Crippen LogP contribution < -0.4 is 0 Å². The molecule has 0 unspecified atom stereocenters. The van der Waals surface area contributed by atoms with Crippen LogP contribution in [0.4, 0.5) is 0 Å². The molecule has 0 atom stereocenters. The van der Waals surface area contributed by atoms with Crippen LogP contribution in [0, 0.1) is 13.8 Å². The van der Waals surface area contributed by atoms with Crippen LogP contribution in [-0.2, 0) is 0 Å². The van der Waals surface area contributed by atoms with Crippen molar-refractivity contribution in [2.45, 2.75) is 13.8 Å². The lowest BCUT2D eigenvalue weighted by molar-refractivity contribution is 0.600. The van der Waals surface area contributed by atoms with Gasteiger partial charge in [0.1, 0.15) is 5.52 Å². The molecule has 3 rings (SSSR count). The number of hydrogen-bond acceptors (Lipinski definition) is 3. The van der Waals surface area contributed by atoms with Gasteiger partial charge in [0.25, 0.3) is 0 Å². The van der Waals surface area contributed by atoms with E-state index in [9.17, 15) is 0 Å². The van der Waals surface area contributed by atoms with E-state index in [1.165, 1.54) is 6.39 Å². The molecule has 0 aliphatic carbocycles. The first kappa shape index (κ1) is 9.15. The average Bonchev–Trinajstić information content (AvgIpc) is 2.87. The summed E-state index contributed by atoms with van der Waals surface area (Å²) >= 11 is 0. The van der Waals surface area contributed by atoms with Gasteiger partial charge in [-0.25, -0.2) is 9.97 Å². The van der Waals surface area contributed by atoms with Crippen molar-refractivity contribution < 1.29 is 4.42 Å². The number of hydrogen-bond donors (Lipinski definition) is 0. The summed E-state index contributed by atoms with van der Waals surface area (Å²) in [6.45, 7) is 3.98. The second kappa shape index (κ2) is 3.20. The van der Waals surface area contributed by atoms with E-state index in [2.05, 4.69) is 9.97 Å². The fourth-order valence-electron chi connectivity index (χ4n) is 1.82. The Balaban J connectivity index is 2.32. The van der Waals surface area contributed by atoms with Crippen LogP contribution in [0.3, 0.4) is 0 Å². The lowest BCUT2D eigenvalue weighted by atomic mass is 10.2. The molecule has 0 aliphatic heterocycles. The minimum Gasteiger partial charge on any atom is -0.441 e. The van der Waals surface area contributed by atoms with Crippen LogP contribution in [-0.4, -0.2) is 14.5 Å². The van der Waals surface area contributed by atoms with Crippen molar-refractivity contribution in [3.63, 3.8) is 0 Å². The standard InChI is InChI=1S/C12H11N3O/c1-8-3-4-10(12-11(8)14-7-16-12)15-5-9(2)13-6-15/h3-7H,1-2H3. The smallest absolute Gasteiger partial charge is 0.182 e. The molecule has 0 saturated carbocycles. The van der Waals surface area contributed by atoms with E-state index in [0.29, 0.717) is 0 Å². The molecule has 0 saturated heterocycles. The highest BCUT2D eigenvalue weighted by atomic mass is 16.3. The van der Waals surface area contributed by atoms with Gasteiger partial charge in [-0.05, 0) is 25.5 Å². The van der Waals surface area contributed by atoms with Gasteiger partial charge in [-0.15, -0.1) is 0 Å². The largest absolute Gasteiger partial charge is 0.441 e. The fraction of sp³-hybridized carbons (Fsp3) is 0.167. The quantitative estimate of drug-likeness (QED) is 0.624. The fourth-order valence-corrected chi connectivity index (χ4v) is 1.82. The molecule has 0 aliphatic rings. The van der Waals surface area contributed by atoms with Crippen LogP contribution >= 0.6 is 0 Å². The van der Waals surface area contributed by atoms with Gasteiger partial charge in [-0.3, -0.25) is 0 Å². The lowest BCUT2D eigenvalue weighted by Gasteiger charge is -2.03.